The number of amides is 2. The maximum absolute atomic E-state index is 11.9. The number of carbonyl (C=O) groups excluding carboxylic acids is 3. The molecule has 0 aliphatic heterocycles. The van der Waals surface area contributed by atoms with Crippen LogP contribution in [0.4, 0.5) is 5.69 Å². The molecule has 0 radical (unpaired) electrons. The topological polar surface area (TPSA) is 98.5 Å². The van der Waals surface area contributed by atoms with E-state index in [-0.39, 0.29) is 0 Å². The van der Waals surface area contributed by atoms with Crippen LogP contribution in [-0.2, 0) is 14.3 Å². The minimum absolute atomic E-state index is 0.386. The first-order valence-corrected chi connectivity index (χ1v) is 5.79. The number of ether oxygens (including phenoxy) is 1. The first kappa shape index (κ1) is 13.1. The number of benzene rings is 1. The Balaban J connectivity index is 2.06. The van der Waals surface area contributed by atoms with Gasteiger partial charge in [-0.2, -0.15) is 0 Å². The zero-order chi connectivity index (χ0) is 14.0. The van der Waals surface area contributed by atoms with E-state index < -0.39 is 23.2 Å². The van der Waals surface area contributed by atoms with E-state index in [0.29, 0.717) is 24.1 Å². The van der Waals surface area contributed by atoms with Crippen LogP contribution in [0, 0.1) is 5.41 Å². The molecule has 1 aliphatic carbocycles. The zero-order valence-corrected chi connectivity index (χ0v) is 10.4. The number of anilines is 1. The monoisotopic (exact) mass is 262 g/mol. The van der Waals surface area contributed by atoms with E-state index >= 15 is 0 Å². The van der Waals surface area contributed by atoms with Gasteiger partial charge in [0.1, 0.15) is 5.41 Å². The van der Waals surface area contributed by atoms with Gasteiger partial charge in [-0.15, -0.1) is 0 Å². The van der Waals surface area contributed by atoms with Gasteiger partial charge in [-0.05, 0) is 37.1 Å². The highest BCUT2D eigenvalue weighted by molar-refractivity contribution is 6.12. The number of nitrogens with two attached hydrogens (primary N) is 1. The molecule has 2 rings (SSSR count). The first-order chi connectivity index (χ1) is 8.99. The van der Waals surface area contributed by atoms with Crippen molar-refractivity contribution < 1.29 is 19.1 Å². The maximum atomic E-state index is 11.9. The van der Waals surface area contributed by atoms with E-state index in [1.165, 1.54) is 19.2 Å². The van der Waals surface area contributed by atoms with E-state index in [4.69, 9.17) is 5.73 Å². The van der Waals surface area contributed by atoms with Gasteiger partial charge in [0.2, 0.25) is 11.8 Å². The van der Waals surface area contributed by atoms with Gasteiger partial charge in [-0.25, -0.2) is 4.79 Å². The van der Waals surface area contributed by atoms with Crippen LogP contribution in [-0.4, -0.2) is 24.9 Å². The van der Waals surface area contributed by atoms with Gasteiger partial charge in [-0.1, -0.05) is 0 Å². The van der Waals surface area contributed by atoms with Gasteiger partial charge in [0.25, 0.3) is 0 Å². The molecule has 1 aliphatic rings. The van der Waals surface area contributed by atoms with Crippen molar-refractivity contribution in [1.29, 1.82) is 0 Å². The summed E-state index contributed by atoms with van der Waals surface area (Å²) < 4.78 is 4.57. The molecule has 0 unspecified atom stereocenters. The molecule has 0 bridgehead atoms. The molecule has 6 nitrogen and oxygen atoms in total. The van der Waals surface area contributed by atoms with Crippen LogP contribution in [0.25, 0.3) is 0 Å². The fourth-order valence-electron chi connectivity index (χ4n) is 1.77. The van der Waals surface area contributed by atoms with Crippen LogP contribution in [0.5, 0.6) is 0 Å². The number of hydrogen-bond acceptors (Lipinski definition) is 4. The van der Waals surface area contributed by atoms with Crippen molar-refractivity contribution in [2.75, 3.05) is 12.4 Å². The summed E-state index contributed by atoms with van der Waals surface area (Å²) in [6, 6.07) is 6.21. The number of methoxy groups -OCH3 is 1. The maximum Gasteiger partial charge on any atom is 0.337 e. The van der Waals surface area contributed by atoms with Crippen molar-refractivity contribution in [2.45, 2.75) is 12.8 Å². The highest BCUT2D eigenvalue weighted by atomic mass is 16.5. The molecule has 1 fully saturated rings. The van der Waals surface area contributed by atoms with E-state index in [0.717, 1.165) is 0 Å². The number of carbonyl (C=O) groups is 3. The lowest BCUT2D eigenvalue weighted by Crippen LogP contribution is -2.36. The second-order valence-corrected chi connectivity index (χ2v) is 4.47. The number of rotatable bonds is 4. The van der Waals surface area contributed by atoms with Crippen molar-refractivity contribution in [1.82, 2.24) is 0 Å². The molecule has 0 spiro atoms. The summed E-state index contributed by atoms with van der Waals surface area (Å²) in [6.45, 7) is 0. The molecule has 3 N–H and O–H groups in total. The van der Waals surface area contributed by atoms with Gasteiger partial charge in [0.15, 0.2) is 0 Å². The molecule has 0 saturated heterocycles. The first-order valence-electron chi connectivity index (χ1n) is 5.79. The number of primary amides is 1. The average Bonchev–Trinajstić information content (AvgIpc) is 3.20. The molecule has 0 aromatic heterocycles. The molecule has 0 atom stereocenters. The van der Waals surface area contributed by atoms with Crippen LogP contribution in [0.15, 0.2) is 24.3 Å². The van der Waals surface area contributed by atoms with Crippen molar-refractivity contribution >= 4 is 23.5 Å². The molecule has 6 heteroatoms. The highest BCUT2D eigenvalue weighted by Gasteiger charge is 2.55. The van der Waals surface area contributed by atoms with Gasteiger partial charge in [0, 0.05) is 5.69 Å². The van der Waals surface area contributed by atoms with Crippen LogP contribution >= 0.6 is 0 Å². The standard InChI is InChI=1S/C13H14N2O4/c1-19-10(16)8-2-4-9(5-3-8)15-12(18)13(6-7-13)11(14)17/h2-5H,6-7H2,1H3,(H2,14,17)(H,15,18). The van der Waals surface area contributed by atoms with E-state index in [9.17, 15) is 14.4 Å². The Morgan fingerprint density at radius 1 is 1.21 bits per heavy atom. The normalized spacial score (nSPS) is 15.4. The molecule has 100 valence electrons. The largest absolute Gasteiger partial charge is 0.465 e. The Morgan fingerprint density at radius 2 is 1.79 bits per heavy atom. The minimum Gasteiger partial charge on any atom is -0.465 e. The Bertz CT molecular complexity index is 532. The fourth-order valence-corrected chi connectivity index (χ4v) is 1.77. The third-order valence-corrected chi connectivity index (χ3v) is 3.22. The average molecular weight is 262 g/mol. The van der Waals surface area contributed by atoms with Crippen LogP contribution in [0.3, 0.4) is 0 Å². The lowest BCUT2D eigenvalue weighted by Gasteiger charge is -2.11. The predicted molar refractivity (Wildman–Crippen MR) is 67.3 cm³/mol. The van der Waals surface area contributed by atoms with E-state index in [1.807, 2.05) is 0 Å². The van der Waals surface area contributed by atoms with Gasteiger partial charge in [-0.3, -0.25) is 9.59 Å². The third kappa shape index (κ3) is 2.42. The molecular formula is C13H14N2O4. The quantitative estimate of drug-likeness (QED) is 0.615. The van der Waals surface area contributed by atoms with Crippen LogP contribution in [0.2, 0.25) is 0 Å². The summed E-state index contributed by atoms with van der Waals surface area (Å²) >= 11 is 0. The van der Waals surface area contributed by atoms with Gasteiger partial charge >= 0.3 is 5.97 Å². The fraction of sp³-hybridized carbons (Fsp3) is 0.308. The van der Waals surface area contributed by atoms with Crippen molar-refractivity contribution in [2.24, 2.45) is 11.1 Å². The highest BCUT2D eigenvalue weighted by Crippen LogP contribution is 2.46. The Morgan fingerprint density at radius 3 is 2.21 bits per heavy atom. The van der Waals surface area contributed by atoms with Crippen LogP contribution in [0.1, 0.15) is 23.2 Å². The van der Waals surface area contributed by atoms with Gasteiger partial charge < -0.3 is 15.8 Å². The molecule has 1 saturated carbocycles. The molecule has 1 aromatic rings. The van der Waals surface area contributed by atoms with Gasteiger partial charge in [0.05, 0.1) is 12.7 Å². The zero-order valence-electron chi connectivity index (χ0n) is 10.4. The second-order valence-electron chi connectivity index (χ2n) is 4.47. The molecule has 1 aromatic carbocycles. The summed E-state index contributed by atoms with van der Waals surface area (Å²) in [4.78, 5) is 34.3. The van der Waals surface area contributed by atoms with Crippen molar-refractivity contribution in [3.63, 3.8) is 0 Å². The lowest BCUT2D eigenvalue weighted by molar-refractivity contribution is -0.132. The smallest absolute Gasteiger partial charge is 0.337 e. The Kier molecular flexibility index (Phi) is 3.25. The van der Waals surface area contributed by atoms with Crippen molar-refractivity contribution in [3.05, 3.63) is 29.8 Å². The molecule has 19 heavy (non-hydrogen) atoms. The Labute approximate surface area is 109 Å². The summed E-state index contributed by atoms with van der Waals surface area (Å²) in [5.41, 5.74) is 5.04. The van der Waals surface area contributed by atoms with E-state index in [1.54, 1.807) is 12.1 Å². The molecular weight excluding hydrogens is 248 g/mol. The summed E-state index contributed by atoms with van der Waals surface area (Å²) in [6.07, 6.45) is 0.961. The lowest BCUT2D eigenvalue weighted by atomic mass is 10.1. The van der Waals surface area contributed by atoms with E-state index in [2.05, 4.69) is 10.1 Å². The second kappa shape index (κ2) is 4.72. The summed E-state index contributed by atoms with van der Waals surface area (Å²) in [5, 5.41) is 2.62. The summed E-state index contributed by atoms with van der Waals surface area (Å²) in [5.74, 6) is -1.45. The van der Waals surface area contributed by atoms with Crippen LogP contribution < -0.4 is 11.1 Å². The number of nitrogens with one attached hydrogen (secondary N) is 1. The minimum atomic E-state index is -1.05. The Hall–Kier alpha value is -2.37. The molecule has 2 amide bonds. The SMILES string of the molecule is COC(=O)c1ccc(NC(=O)C2(C(N)=O)CC2)cc1. The third-order valence-electron chi connectivity index (χ3n) is 3.22. The summed E-state index contributed by atoms with van der Waals surface area (Å²) in [7, 11) is 1.29. The number of hydrogen-bond donors (Lipinski definition) is 2. The predicted octanol–water partition coefficient (Wildman–Crippen LogP) is 0.677. The van der Waals surface area contributed by atoms with Crippen molar-refractivity contribution in [3.8, 4) is 0 Å². The number of esters is 1. The molecule has 0 heterocycles.